The van der Waals surface area contributed by atoms with Crippen molar-refractivity contribution in [3.63, 3.8) is 0 Å². The summed E-state index contributed by atoms with van der Waals surface area (Å²) in [6.07, 6.45) is 0. The molecule has 2 aromatic rings. The third kappa shape index (κ3) is 3.61. The number of nitrogens with one attached hydrogen (secondary N) is 1. The number of benzene rings is 1. The molecule has 0 saturated carbocycles. The lowest BCUT2D eigenvalue weighted by Crippen LogP contribution is -3.13. The molecule has 1 aromatic carbocycles. The van der Waals surface area contributed by atoms with Gasteiger partial charge in [-0.15, -0.1) is 11.3 Å². The average molecular weight is 371 g/mol. The van der Waals surface area contributed by atoms with E-state index in [-0.39, 0.29) is 5.82 Å². The van der Waals surface area contributed by atoms with Crippen LogP contribution in [0.2, 0.25) is 0 Å². The summed E-state index contributed by atoms with van der Waals surface area (Å²) in [5.41, 5.74) is 0.807. The van der Waals surface area contributed by atoms with Gasteiger partial charge in [-0.3, -0.25) is 0 Å². The first-order valence-electron chi connectivity index (χ1n) is 7.70. The molecule has 1 aliphatic heterocycles. The van der Waals surface area contributed by atoms with Crippen molar-refractivity contribution >= 4 is 21.4 Å². The van der Waals surface area contributed by atoms with Crippen molar-refractivity contribution in [3.8, 4) is 5.75 Å². The highest BCUT2D eigenvalue weighted by atomic mass is 32.2. The van der Waals surface area contributed by atoms with E-state index in [1.807, 2.05) is 0 Å². The summed E-state index contributed by atoms with van der Waals surface area (Å²) in [4.78, 5) is 1.22. The number of sulfonamides is 1. The minimum absolute atomic E-state index is 0.288. The van der Waals surface area contributed by atoms with Crippen molar-refractivity contribution in [1.29, 1.82) is 0 Å². The Labute approximate surface area is 145 Å². The van der Waals surface area contributed by atoms with Crippen molar-refractivity contribution in [2.75, 3.05) is 33.3 Å². The summed E-state index contributed by atoms with van der Waals surface area (Å²) in [6.45, 7) is 2.92. The van der Waals surface area contributed by atoms with Crippen LogP contribution >= 0.6 is 11.3 Å². The van der Waals surface area contributed by atoms with E-state index in [9.17, 15) is 12.8 Å². The van der Waals surface area contributed by atoms with Crippen LogP contribution < -0.4 is 9.64 Å². The molecule has 0 bridgehead atoms. The Hall–Kier alpha value is -1.48. The standard InChI is InChI=1S/C16H19FN2O3S2/c1-22-15-5-4-14(17)11-13(15)12-18-6-8-19(9-7-18)24(20,21)16-3-2-10-23-16/h2-5,10-11H,6-9,12H2,1H3/p+1. The minimum atomic E-state index is -3.38. The number of nitrogens with zero attached hydrogens (tertiary/aromatic N) is 1. The normalized spacial score (nSPS) is 17.1. The van der Waals surface area contributed by atoms with Crippen LogP contribution in [-0.2, 0) is 16.6 Å². The fourth-order valence-corrected chi connectivity index (χ4v) is 5.50. The predicted octanol–water partition coefficient (Wildman–Crippen LogP) is 0.985. The van der Waals surface area contributed by atoms with Gasteiger partial charge in [-0.1, -0.05) is 6.07 Å². The molecule has 24 heavy (non-hydrogen) atoms. The van der Waals surface area contributed by atoms with E-state index >= 15 is 0 Å². The van der Waals surface area contributed by atoms with Crippen LogP contribution in [0.25, 0.3) is 0 Å². The molecule has 0 aliphatic carbocycles. The predicted molar refractivity (Wildman–Crippen MR) is 90.4 cm³/mol. The number of ether oxygens (including phenoxy) is 1. The number of methoxy groups -OCH3 is 1. The quantitative estimate of drug-likeness (QED) is 0.853. The molecule has 8 heteroatoms. The third-order valence-electron chi connectivity index (χ3n) is 4.20. The van der Waals surface area contributed by atoms with Crippen molar-refractivity contribution in [3.05, 3.63) is 47.1 Å². The minimum Gasteiger partial charge on any atom is -0.496 e. The maximum absolute atomic E-state index is 13.5. The van der Waals surface area contributed by atoms with E-state index in [4.69, 9.17) is 4.74 Å². The summed E-state index contributed by atoms with van der Waals surface area (Å²) in [5, 5.41) is 1.77. The SMILES string of the molecule is COc1ccc(F)cc1C[NH+]1CCN(S(=O)(=O)c2cccs2)CC1. The van der Waals surface area contributed by atoms with Gasteiger partial charge in [0.2, 0.25) is 0 Å². The van der Waals surface area contributed by atoms with Crippen LogP contribution in [-0.4, -0.2) is 46.0 Å². The largest absolute Gasteiger partial charge is 0.496 e. The molecule has 0 atom stereocenters. The van der Waals surface area contributed by atoms with Gasteiger partial charge in [-0.05, 0) is 29.6 Å². The lowest BCUT2D eigenvalue weighted by molar-refractivity contribution is -0.917. The van der Waals surface area contributed by atoms with Crippen LogP contribution in [0.3, 0.4) is 0 Å². The highest BCUT2D eigenvalue weighted by Gasteiger charge is 2.31. The van der Waals surface area contributed by atoms with Crippen LogP contribution in [0, 0.1) is 5.82 Å². The summed E-state index contributed by atoms with van der Waals surface area (Å²) in [6, 6.07) is 7.87. The Morgan fingerprint density at radius 2 is 2.04 bits per heavy atom. The van der Waals surface area contributed by atoms with E-state index in [1.165, 1.54) is 32.7 Å². The zero-order valence-electron chi connectivity index (χ0n) is 13.4. The lowest BCUT2D eigenvalue weighted by Gasteiger charge is -2.31. The zero-order valence-corrected chi connectivity index (χ0v) is 15.0. The second-order valence-corrected chi connectivity index (χ2v) is 8.83. The smallest absolute Gasteiger partial charge is 0.252 e. The molecule has 1 fully saturated rings. The molecule has 1 aliphatic rings. The van der Waals surface area contributed by atoms with Gasteiger partial charge in [-0.2, -0.15) is 4.31 Å². The Balaban J connectivity index is 1.65. The zero-order chi connectivity index (χ0) is 17.2. The summed E-state index contributed by atoms with van der Waals surface area (Å²) in [7, 11) is -1.81. The van der Waals surface area contributed by atoms with Crippen molar-refractivity contribution in [2.45, 2.75) is 10.8 Å². The molecule has 0 unspecified atom stereocenters. The molecule has 130 valence electrons. The monoisotopic (exact) mass is 371 g/mol. The second-order valence-electron chi connectivity index (χ2n) is 5.72. The average Bonchev–Trinajstić information content (AvgIpc) is 3.11. The molecule has 1 N–H and O–H groups in total. The van der Waals surface area contributed by atoms with Gasteiger partial charge < -0.3 is 9.64 Å². The van der Waals surface area contributed by atoms with E-state index in [2.05, 4.69) is 0 Å². The van der Waals surface area contributed by atoms with Crippen molar-refractivity contribution < 1.29 is 22.4 Å². The first kappa shape index (κ1) is 17.3. The number of quaternary nitrogens is 1. The number of halogens is 1. The fourth-order valence-electron chi connectivity index (χ4n) is 2.91. The number of rotatable bonds is 5. The van der Waals surface area contributed by atoms with Crippen molar-refractivity contribution in [1.82, 2.24) is 4.31 Å². The lowest BCUT2D eigenvalue weighted by atomic mass is 10.1. The van der Waals surface area contributed by atoms with E-state index in [0.29, 0.717) is 42.7 Å². The molecule has 5 nitrogen and oxygen atoms in total. The van der Waals surface area contributed by atoms with Crippen LogP contribution in [0.15, 0.2) is 39.9 Å². The van der Waals surface area contributed by atoms with Gasteiger partial charge in [0.25, 0.3) is 10.0 Å². The third-order valence-corrected chi connectivity index (χ3v) is 7.47. The van der Waals surface area contributed by atoms with Crippen LogP contribution in [0.5, 0.6) is 5.75 Å². The highest BCUT2D eigenvalue weighted by molar-refractivity contribution is 7.91. The number of hydrogen-bond acceptors (Lipinski definition) is 4. The molecule has 0 radical (unpaired) electrons. The summed E-state index contributed by atoms with van der Waals surface area (Å²) < 4.78 is 45.7. The molecule has 2 heterocycles. The molecule has 1 saturated heterocycles. The number of thiophene rings is 1. The Kier molecular flexibility index (Phi) is 5.19. The number of hydrogen-bond donors (Lipinski definition) is 1. The van der Waals surface area contributed by atoms with Crippen molar-refractivity contribution in [2.24, 2.45) is 0 Å². The van der Waals surface area contributed by atoms with Gasteiger partial charge in [0, 0.05) is 0 Å². The number of piperazine rings is 1. The molecule has 3 rings (SSSR count). The fraction of sp³-hybridized carbons (Fsp3) is 0.375. The van der Waals surface area contributed by atoms with Gasteiger partial charge in [0.15, 0.2) is 0 Å². The first-order valence-corrected chi connectivity index (χ1v) is 10.0. The molecular weight excluding hydrogens is 351 g/mol. The van der Waals surface area contributed by atoms with Gasteiger partial charge in [0.1, 0.15) is 22.3 Å². The van der Waals surface area contributed by atoms with Crippen LogP contribution in [0.4, 0.5) is 4.39 Å². The maximum Gasteiger partial charge on any atom is 0.252 e. The van der Waals surface area contributed by atoms with Gasteiger partial charge in [-0.25, -0.2) is 12.8 Å². The van der Waals surface area contributed by atoms with E-state index < -0.39 is 10.0 Å². The molecule has 0 amide bonds. The maximum atomic E-state index is 13.5. The molecule has 1 aromatic heterocycles. The second kappa shape index (κ2) is 7.18. The summed E-state index contributed by atoms with van der Waals surface area (Å²) in [5.74, 6) is 0.377. The van der Waals surface area contributed by atoms with Gasteiger partial charge >= 0.3 is 0 Å². The molecule has 0 spiro atoms. The Bertz CT molecular complexity index is 786. The van der Waals surface area contributed by atoms with Gasteiger partial charge in [0.05, 0.1) is 38.9 Å². The highest BCUT2D eigenvalue weighted by Crippen LogP contribution is 2.21. The van der Waals surface area contributed by atoms with E-state index in [0.717, 1.165) is 5.56 Å². The Morgan fingerprint density at radius 1 is 1.29 bits per heavy atom. The Morgan fingerprint density at radius 3 is 2.67 bits per heavy atom. The first-order chi connectivity index (χ1) is 11.5. The van der Waals surface area contributed by atoms with E-state index in [1.54, 1.807) is 30.7 Å². The summed E-state index contributed by atoms with van der Waals surface area (Å²) >= 11 is 1.24. The van der Waals surface area contributed by atoms with Crippen LogP contribution in [0.1, 0.15) is 5.56 Å². The molecular formula is C16H20FN2O3S2+. The topological polar surface area (TPSA) is 51.1 Å².